The molecule has 1 aromatic carbocycles. The monoisotopic (exact) mass is 172 g/mol. The lowest BCUT2D eigenvalue weighted by atomic mass is 10.3. The Hall–Kier alpha value is -1.70. The Bertz CT molecular complexity index is 327. The van der Waals surface area contributed by atoms with Crippen LogP contribution in [0.15, 0.2) is 54.9 Å². The first-order valence-corrected chi connectivity index (χ1v) is 4.30. The summed E-state index contributed by atoms with van der Waals surface area (Å²) < 4.78 is 0. The molecule has 0 atom stereocenters. The minimum Gasteiger partial charge on any atom is -0.292 e. The van der Waals surface area contributed by atoms with Crippen LogP contribution in [0.5, 0.6) is 0 Å². The van der Waals surface area contributed by atoms with Crippen LogP contribution in [0.25, 0.3) is 0 Å². The Morgan fingerprint density at radius 3 is 2.31 bits per heavy atom. The van der Waals surface area contributed by atoms with Crippen molar-refractivity contribution in [2.75, 3.05) is 12.1 Å². The van der Waals surface area contributed by atoms with Gasteiger partial charge in [-0.25, -0.2) is 0 Å². The van der Waals surface area contributed by atoms with E-state index in [1.165, 1.54) is 5.69 Å². The summed E-state index contributed by atoms with van der Waals surface area (Å²) in [4.78, 5) is 0. The third-order valence-corrected chi connectivity index (χ3v) is 2.00. The second-order valence-corrected chi connectivity index (χ2v) is 2.94. The summed E-state index contributed by atoms with van der Waals surface area (Å²) in [7, 11) is 2.02. The van der Waals surface area contributed by atoms with Crippen molar-refractivity contribution >= 4 is 5.69 Å². The lowest BCUT2D eigenvalue weighted by molar-refractivity contribution is 0.457. The molecule has 2 nitrogen and oxygen atoms in total. The van der Waals surface area contributed by atoms with E-state index >= 15 is 0 Å². The fourth-order valence-electron chi connectivity index (χ4n) is 1.33. The number of anilines is 1. The van der Waals surface area contributed by atoms with Crippen LogP contribution >= 0.6 is 0 Å². The first-order chi connectivity index (χ1) is 6.38. The summed E-state index contributed by atoms with van der Waals surface area (Å²) in [6.07, 6.45) is 8.09. The zero-order chi connectivity index (χ0) is 9.10. The fourth-order valence-corrected chi connectivity index (χ4v) is 1.33. The summed E-state index contributed by atoms with van der Waals surface area (Å²) in [6.45, 7) is 0. The predicted molar refractivity (Wildman–Crippen MR) is 55.0 cm³/mol. The van der Waals surface area contributed by atoms with Gasteiger partial charge in [0, 0.05) is 19.4 Å². The molecule has 0 aliphatic carbocycles. The molecular weight excluding hydrogens is 160 g/mol. The zero-order valence-electron chi connectivity index (χ0n) is 7.59. The van der Waals surface area contributed by atoms with E-state index in [1.807, 2.05) is 54.8 Å². The van der Waals surface area contributed by atoms with Crippen molar-refractivity contribution in [2.45, 2.75) is 0 Å². The second-order valence-electron chi connectivity index (χ2n) is 2.94. The van der Waals surface area contributed by atoms with Gasteiger partial charge in [-0.3, -0.25) is 10.0 Å². The Morgan fingerprint density at radius 1 is 0.923 bits per heavy atom. The number of hydrazine groups is 1. The van der Waals surface area contributed by atoms with Crippen molar-refractivity contribution in [3.8, 4) is 0 Å². The molecule has 0 radical (unpaired) electrons. The third-order valence-electron chi connectivity index (χ3n) is 2.00. The Kier molecular flexibility index (Phi) is 2.04. The van der Waals surface area contributed by atoms with Gasteiger partial charge in [0.2, 0.25) is 0 Å². The maximum absolute atomic E-state index is 2.08. The molecule has 0 spiro atoms. The molecule has 2 heteroatoms. The number of rotatable bonds is 1. The van der Waals surface area contributed by atoms with Crippen LogP contribution in [0.2, 0.25) is 0 Å². The molecule has 0 N–H and O–H groups in total. The molecule has 0 bridgehead atoms. The van der Waals surface area contributed by atoms with Crippen LogP contribution in [0.3, 0.4) is 0 Å². The molecule has 0 aromatic heterocycles. The number of hydrogen-bond donors (Lipinski definition) is 0. The lowest BCUT2D eigenvalue weighted by Crippen LogP contribution is -2.32. The average molecular weight is 172 g/mol. The van der Waals surface area contributed by atoms with E-state index in [-0.39, 0.29) is 0 Å². The summed E-state index contributed by atoms with van der Waals surface area (Å²) >= 11 is 0. The smallest absolute Gasteiger partial charge is 0.0625 e. The topological polar surface area (TPSA) is 6.48 Å². The van der Waals surface area contributed by atoms with Crippen LogP contribution in [0.4, 0.5) is 5.69 Å². The number of para-hydroxylation sites is 1. The largest absolute Gasteiger partial charge is 0.292 e. The van der Waals surface area contributed by atoms with Gasteiger partial charge in [0.15, 0.2) is 0 Å². The zero-order valence-corrected chi connectivity index (χ0v) is 7.59. The van der Waals surface area contributed by atoms with Gasteiger partial charge in [0.1, 0.15) is 0 Å². The highest BCUT2D eigenvalue weighted by atomic mass is 15.6. The molecule has 1 aliphatic rings. The van der Waals surface area contributed by atoms with Gasteiger partial charge < -0.3 is 0 Å². The van der Waals surface area contributed by atoms with Crippen LogP contribution < -0.4 is 5.01 Å². The summed E-state index contributed by atoms with van der Waals surface area (Å²) in [6, 6.07) is 10.3. The first kappa shape index (κ1) is 7.92. The molecule has 13 heavy (non-hydrogen) atoms. The van der Waals surface area contributed by atoms with Crippen LogP contribution in [-0.2, 0) is 0 Å². The van der Waals surface area contributed by atoms with Crippen LogP contribution in [-0.4, -0.2) is 12.1 Å². The highest BCUT2D eigenvalue weighted by molar-refractivity contribution is 5.49. The third kappa shape index (κ3) is 1.56. The first-order valence-electron chi connectivity index (χ1n) is 4.30. The van der Waals surface area contributed by atoms with E-state index in [0.29, 0.717) is 0 Å². The Morgan fingerprint density at radius 2 is 1.62 bits per heavy atom. The molecule has 0 saturated heterocycles. The molecule has 1 aromatic rings. The summed E-state index contributed by atoms with van der Waals surface area (Å²) in [5.74, 6) is 0. The van der Waals surface area contributed by atoms with Crippen LogP contribution in [0.1, 0.15) is 0 Å². The quantitative estimate of drug-likeness (QED) is 0.641. The van der Waals surface area contributed by atoms with Crippen molar-refractivity contribution in [2.24, 2.45) is 0 Å². The van der Waals surface area contributed by atoms with Gasteiger partial charge in [0.05, 0.1) is 5.69 Å². The number of nitrogens with zero attached hydrogens (tertiary/aromatic N) is 2. The molecule has 0 amide bonds. The van der Waals surface area contributed by atoms with E-state index in [4.69, 9.17) is 0 Å². The molecule has 0 saturated carbocycles. The highest BCUT2D eigenvalue weighted by Gasteiger charge is 2.06. The number of allylic oxidation sites excluding steroid dienone is 2. The SMILES string of the molecule is CN1C=CC=CN1c1ccccc1. The number of benzene rings is 1. The van der Waals surface area contributed by atoms with E-state index < -0.39 is 0 Å². The molecular formula is C11H12N2. The molecule has 66 valence electrons. The van der Waals surface area contributed by atoms with Crippen molar-refractivity contribution in [3.05, 3.63) is 54.9 Å². The van der Waals surface area contributed by atoms with Gasteiger partial charge >= 0.3 is 0 Å². The minimum absolute atomic E-state index is 1.17. The fraction of sp³-hybridized carbons (Fsp3) is 0.0909. The highest BCUT2D eigenvalue weighted by Crippen LogP contribution is 2.17. The Labute approximate surface area is 78.4 Å². The van der Waals surface area contributed by atoms with Crippen molar-refractivity contribution in [1.82, 2.24) is 5.01 Å². The van der Waals surface area contributed by atoms with Crippen molar-refractivity contribution in [3.63, 3.8) is 0 Å². The van der Waals surface area contributed by atoms with E-state index in [9.17, 15) is 0 Å². The second kappa shape index (κ2) is 3.35. The maximum Gasteiger partial charge on any atom is 0.0625 e. The average Bonchev–Trinajstić information content (AvgIpc) is 2.20. The maximum atomic E-state index is 2.08. The van der Waals surface area contributed by atoms with E-state index in [0.717, 1.165) is 0 Å². The van der Waals surface area contributed by atoms with Gasteiger partial charge in [-0.15, -0.1) is 0 Å². The predicted octanol–water partition coefficient (Wildman–Crippen LogP) is 2.38. The number of hydrogen-bond acceptors (Lipinski definition) is 2. The van der Waals surface area contributed by atoms with Gasteiger partial charge in [-0.05, 0) is 24.3 Å². The Balaban J connectivity index is 2.27. The normalized spacial score (nSPS) is 15.2. The van der Waals surface area contributed by atoms with E-state index in [1.54, 1.807) is 0 Å². The minimum atomic E-state index is 1.17. The van der Waals surface area contributed by atoms with E-state index in [2.05, 4.69) is 17.1 Å². The van der Waals surface area contributed by atoms with Gasteiger partial charge in [-0.2, -0.15) is 0 Å². The van der Waals surface area contributed by atoms with Crippen LogP contribution in [0, 0.1) is 0 Å². The van der Waals surface area contributed by atoms with Crippen molar-refractivity contribution in [1.29, 1.82) is 0 Å². The standard InChI is InChI=1S/C11H12N2/c1-12-9-5-6-10-13(12)11-7-3-2-4-8-11/h2-10H,1H3. The molecule has 0 unspecified atom stereocenters. The van der Waals surface area contributed by atoms with Gasteiger partial charge in [0.25, 0.3) is 0 Å². The summed E-state index contributed by atoms with van der Waals surface area (Å²) in [5, 5.41) is 4.12. The molecule has 1 heterocycles. The molecule has 2 rings (SSSR count). The molecule has 1 aliphatic heterocycles. The lowest BCUT2D eigenvalue weighted by Gasteiger charge is -2.31. The van der Waals surface area contributed by atoms with Gasteiger partial charge in [-0.1, -0.05) is 18.2 Å². The summed E-state index contributed by atoms with van der Waals surface area (Å²) in [5.41, 5.74) is 1.17. The van der Waals surface area contributed by atoms with Crippen molar-refractivity contribution < 1.29 is 0 Å². The molecule has 0 fully saturated rings.